The molecule has 2 heterocycles. The molecule has 0 aromatic heterocycles. The van der Waals surface area contributed by atoms with Crippen LogP contribution in [0.2, 0.25) is 0 Å². The van der Waals surface area contributed by atoms with Crippen LogP contribution in [-0.4, -0.2) is 38.6 Å². The average molecular weight is 367 g/mol. The van der Waals surface area contributed by atoms with Crippen LogP contribution in [-0.2, 0) is 11.2 Å². The Morgan fingerprint density at radius 3 is 2.22 bits per heavy atom. The second-order valence-corrected chi connectivity index (χ2v) is 7.15. The predicted octanol–water partition coefficient (Wildman–Crippen LogP) is 3.72. The number of carbonyl (C=O) groups excluding carboxylic acids is 1. The molecule has 2 aromatic rings. The summed E-state index contributed by atoms with van der Waals surface area (Å²) in [5.74, 6) is 2.61. The van der Waals surface area contributed by atoms with Crippen LogP contribution in [0.4, 0.5) is 0 Å². The maximum atomic E-state index is 12.6. The molecule has 0 radical (unpaired) electrons. The molecule has 5 heteroatoms. The van der Waals surface area contributed by atoms with E-state index in [1.807, 2.05) is 12.1 Å². The Hall–Kier alpha value is -2.53. The number of benzene rings is 2. The molecule has 0 unspecified atom stereocenters. The molecule has 142 valence electrons. The van der Waals surface area contributed by atoms with Crippen molar-refractivity contribution in [2.45, 2.75) is 31.3 Å². The first-order valence-electron chi connectivity index (χ1n) is 9.30. The summed E-state index contributed by atoms with van der Waals surface area (Å²) in [7, 11) is 4.97. The zero-order valence-corrected chi connectivity index (χ0v) is 16.0. The molecule has 0 amide bonds. The lowest BCUT2D eigenvalue weighted by atomic mass is 9.81. The molecule has 1 saturated heterocycles. The van der Waals surface area contributed by atoms with Gasteiger partial charge in [-0.2, -0.15) is 0 Å². The quantitative estimate of drug-likeness (QED) is 0.824. The van der Waals surface area contributed by atoms with Crippen LogP contribution in [0.3, 0.4) is 0 Å². The van der Waals surface area contributed by atoms with Crippen molar-refractivity contribution in [1.82, 2.24) is 4.90 Å². The van der Waals surface area contributed by atoms with E-state index in [0.29, 0.717) is 18.6 Å². The molecule has 0 saturated carbocycles. The first kappa shape index (κ1) is 17.9. The molecule has 2 aliphatic rings. The van der Waals surface area contributed by atoms with Gasteiger partial charge in [0.2, 0.25) is 0 Å². The monoisotopic (exact) mass is 367 g/mol. The van der Waals surface area contributed by atoms with Crippen molar-refractivity contribution < 1.29 is 19.0 Å². The summed E-state index contributed by atoms with van der Waals surface area (Å²) in [5.41, 5.74) is 3.60. The van der Waals surface area contributed by atoms with Gasteiger partial charge >= 0.3 is 0 Å². The van der Waals surface area contributed by atoms with E-state index in [1.54, 1.807) is 21.3 Å². The highest BCUT2D eigenvalue weighted by Gasteiger charge is 2.39. The predicted molar refractivity (Wildman–Crippen MR) is 103 cm³/mol. The fourth-order valence-electron chi connectivity index (χ4n) is 4.42. The van der Waals surface area contributed by atoms with E-state index in [0.717, 1.165) is 35.8 Å². The topological polar surface area (TPSA) is 48.0 Å². The van der Waals surface area contributed by atoms with E-state index in [2.05, 4.69) is 29.2 Å². The first-order chi connectivity index (χ1) is 13.1. The molecule has 2 aliphatic heterocycles. The number of methoxy groups -OCH3 is 3. The average Bonchev–Trinajstić information content (AvgIpc) is 2.72. The number of hydrogen-bond acceptors (Lipinski definition) is 5. The summed E-state index contributed by atoms with van der Waals surface area (Å²) in [6.07, 6.45) is 2.05. The van der Waals surface area contributed by atoms with E-state index in [-0.39, 0.29) is 12.1 Å². The molecule has 4 rings (SSSR count). The zero-order chi connectivity index (χ0) is 19.0. The van der Waals surface area contributed by atoms with Crippen LogP contribution in [0, 0.1) is 0 Å². The number of ketones is 1. The zero-order valence-electron chi connectivity index (χ0n) is 16.0. The van der Waals surface area contributed by atoms with E-state index >= 15 is 0 Å². The molecule has 0 N–H and O–H groups in total. The van der Waals surface area contributed by atoms with E-state index in [1.165, 1.54) is 11.1 Å². The van der Waals surface area contributed by atoms with Gasteiger partial charge < -0.3 is 14.2 Å². The normalized spacial score (nSPS) is 22.0. The minimum absolute atomic E-state index is 0.0851. The summed E-state index contributed by atoms with van der Waals surface area (Å²) in [4.78, 5) is 15.1. The molecular formula is C22H25NO4. The molecule has 0 bridgehead atoms. The van der Waals surface area contributed by atoms with Crippen molar-refractivity contribution in [3.63, 3.8) is 0 Å². The Morgan fingerprint density at radius 1 is 0.889 bits per heavy atom. The Bertz CT molecular complexity index is 846. The van der Waals surface area contributed by atoms with Gasteiger partial charge in [0.15, 0.2) is 11.5 Å². The summed E-state index contributed by atoms with van der Waals surface area (Å²) in [6.45, 7) is 0.928. The molecular weight excluding hydrogens is 342 g/mol. The number of nitrogens with zero attached hydrogens (tertiary/aromatic N) is 1. The standard InChI is InChI=1S/C22H25NO4/c1-25-17-6-4-14(5-7-17)19-11-16(24)12-20-18-13-22(27-3)21(26-2)10-15(18)8-9-23(19)20/h4-7,10,13,19-20H,8-9,11-12H2,1-3H3/t19-,20-/m0/s1. The third kappa shape index (κ3) is 3.16. The van der Waals surface area contributed by atoms with Crippen LogP contribution < -0.4 is 14.2 Å². The lowest BCUT2D eigenvalue weighted by Gasteiger charge is -2.45. The van der Waals surface area contributed by atoms with Gasteiger partial charge in [0.25, 0.3) is 0 Å². The minimum Gasteiger partial charge on any atom is -0.497 e. The second-order valence-electron chi connectivity index (χ2n) is 7.15. The Morgan fingerprint density at radius 2 is 1.56 bits per heavy atom. The number of ether oxygens (including phenoxy) is 3. The fraction of sp³-hybridized carbons (Fsp3) is 0.409. The van der Waals surface area contributed by atoms with Gasteiger partial charge in [-0.1, -0.05) is 12.1 Å². The molecule has 5 nitrogen and oxygen atoms in total. The highest BCUT2D eigenvalue weighted by Crippen LogP contribution is 2.46. The number of hydrogen-bond donors (Lipinski definition) is 0. The van der Waals surface area contributed by atoms with Gasteiger partial charge in [-0.3, -0.25) is 9.69 Å². The van der Waals surface area contributed by atoms with E-state index in [9.17, 15) is 4.79 Å². The Kier molecular flexibility index (Phi) is 4.79. The lowest BCUT2D eigenvalue weighted by molar-refractivity contribution is -0.126. The fourth-order valence-corrected chi connectivity index (χ4v) is 4.42. The van der Waals surface area contributed by atoms with Crippen LogP contribution in [0.25, 0.3) is 0 Å². The van der Waals surface area contributed by atoms with E-state index in [4.69, 9.17) is 14.2 Å². The van der Waals surface area contributed by atoms with Crippen LogP contribution in [0.5, 0.6) is 17.2 Å². The van der Waals surface area contributed by atoms with Gasteiger partial charge in [0.05, 0.1) is 21.3 Å². The van der Waals surface area contributed by atoms with Crippen LogP contribution in [0.1, 0.15) is 41.6 Å². The van der Waals surface area contributed by atoms with Gasteiger partial charge in [-0.05, 0) is 47.4 Å². The lowest BCUT2D eigenvalue weighted by Crippen LogP contribution is -2.43. The highest BCUT2D eigenvalue weighted by atomic mass is 16.5. The van der Waals surface area contributed by atoms with E-state index < -0.39 is 0 Å². The number of carbonyl (C=O) groups is 1. The minimum atomic E-state index is 0.0851. The summed E-state index contributed by atoms with van der Waals surface area (Å²) < 4.78 is 16.2. The van der Waals surface area contributed by atoms with Crippen LogP contribution >= 0.6 is 0 Å². The van der Waals surface area contributed by atoms with Gasteiger partial charge in [-0.25, -0.2) is 0 Å². The molecule has 0 aliphatic carbocycles. The van der Waals surface area contributed by atoms with Gasteiger partial charge in [0.1, 0.15) is 11.5 Å². The van der Waals surface area contributed by atoms with Gasteiger partial charge in [0, 0.05) is 31.5 Å². The summed E-state index contributed by atoms with van der Waals surface area (Å²) >= 11 is 0. The van der Waals surface area contributed by atoms with Gasteiger partial charge in [-0.15, -0.1) is 0 Å². The van der Waals surface area contributed by atoms with Crippen molar-refractivity contribution in [1.29, 1.82) is 0 Å². The van der Waals surface area contributed by atoms with Crippen LogP contribution in [0.15, 0.2) is 36.4 Å². The maximum Gasteiger partial charge on any atom is 0.161 e. The Balaban J connectivity index is 1.72. The van der Waals surface area contributed by atoms with Crippen molar-refractivity contribution in [2.75, 3.05) is 27.9 Å². The van der Waals surface area contributed by atoms with Crippen molar-refractivity contribution >= 4 is 5.78 Å². The number of rotatable bonds is 4. The summed E-state index contributed by atoms with van der Waals surface area (Å²) in [6, 6.07) is 12.4. The number of piperidine rings is 1. The van der Waals surface area contributed by atoms with Crippen molar-refractivity contribution in [3.8, 4) is 17.2 Å². The third-order valence-electron chi connectivity index (χ3n) is 5.79. The molecule has 1 fully saturated rings. The number of Topliss-reactive ketones (excluding diaryl/α,β-unsaturated/α-hetero) is 1. The van der Waals surface area contributed by atoms with Crippen molar-refractivity contribution in [2.24, 2.45) is 0 Å². The molecule has 2 aromatic carbocycles. The maximum absolute atomic E-state index is 12.6. The molecule has 0 spiro atoms. The number of fused-ring (bicyclic) bond motifs is 3. The molecule has 27 heavy (non-hydrogen) atoms. The first-order valence-corrected chi connectivity index (χ1v) is 9.30. The highest BCUT2D eigenvalue weighted by molar-refractivity contribution is 5.81. The second kappa shape index (κ2) is 7.24. The largest absolute Gasteiger partial charge is 0.497 e. The smallest absolute Gasteiger partial charge is 0.161 e. The van der Waals surface area contributed by atoms with Crippen molar-refractivity contribution in [3.05, 3.63) is 53.1 Å². The molecule has 2 atom stereocenters. The summed E-state index contributed by atoms with van der Waals surface area (Å²) in [5, 5.41) is 0. The SMILES string of the molecule is COc1ccc([C@@H]2CC(=O)C[C@H]3c4cc(OC)c(OC)cc4CCN23)cc1. The Labute approximate surface area is 159 Å². The third-order valence-corrected chi connectivity index (χ3v) is 5.79.